The van der Waals surface area contributed by atoms with E-state index in [1.54, 1.807) is 6.08 Å². The first kappa shape index (κ1) is 7.98. The van der Waals surface area contributed by atoms with Crippen LogP contribution in [0.4, 0.5) is 0 Å². The van der Waals surface area contributed by atoms with Gasteiger partial charge in [-0.2, -0.15) is 0 Å². The van der Waals surface area contributed by atoms with Crippen LogP contribution in [-0.4, -0.2) is 17.7 Å². The second kappa shape index (κ2) is 3.32. The van der Waals surface area contributed by atoms with E-state index in [2.05, 4.69) is 5.32 Å². The van der Waals surface area contributed by atoms with Crippen LogP contribution in [-0.2, 0) is 9.59 Å². The molecule has 0 aromatic rings. The van der Waals surface area contributed by atoms with E-state index in [0.29, 0.717) is 6.42 Å². The van der Waals surface area contributed by atoms with Gasteiger partial charge in [0.25, 0.3) is 0 Å². The molecule has 0 heterocycles. The summed E-state index contributed by atoms with van der Waals surface area (Å²) in [5.74, 6) is 0.0978. The molecule has 1 amide bonds. The second-order valence-electron chi connectivity index (χ2n) is 2.67. The first-order valence-electron chi connectivity index (χ1n) is 3.66. The molecule has 0 aromatic heterocycles. The van der Waals surface area contributed by atoms with Crippen LogP contribution < -0.4 is 5.32 Å². The fourth-order valence-electron chi connectivity index (χ4n) is 1.08. The Morgan fingerprint density at radius 2 is 2.45 bits per heavy atom. The van der Waals surface area contributed by atoms with E-state index in [1.165, 1.54) is 13.0 Å². The summed E-state index contributed by atoms with van der Waals surface area (Å²) in [5.41, 5.74) is 0. The van der Waals surface area contributed by atoms with Crippen LogP contribution in [0, 0.1) is 0 Å². The van der Waals surface area contributed by atoms with Crippen LogP contribution in [0.1, 0.15) is 19.8 Å². The highest BCUT2D eigenvalue weighted by molar-refractivity contribution is 5.90. The molecule has 1 unspecified atom stereocenters. The number of amides is 1. The van der Waals surface area contributed by atoms with E-state index in [4.69, 9.17) is 0 Å². The van der Waals surface area contributed by atoms with Gasteiger partial charge in [-0.15, -0.1) is 0 Å². The molecular formula is C8H11NO2. The number of nitrogens with one attached hydrogen (secondary N) is 1. The number of rotatable bonds is 1. The molecule has 0 bridgehead atoms. The summed E-state index contributed by atoms with van der Waals surface area (Å²) >= 11 is 0. The van der Waals surface area contributed by atoms with Crippen molar-refractivity contribution in [1.29, 1.82) is 0 Å². The SMILES string of the molecule is CC(=O)NC1C=CC(=O)CC1. The van der Waals surface area contributed by atoms with Gasteiger partial charge in [-0.25, -0.2) is 0 Å². The van der Waals surface area contributed by atoms with Crippen LogP contribution in [0.3, 0.4) is 0 Å². The van der Waals surface area contributed by atoms with E-state index in [0.717, 1.165) is 6.42 Å². The standard InChI is InChI=1S/C8H11NO2/c1-6(10)9-7-2-4-8(11)5-3-7/h2,4,7H,3,5H2,1H3,(H,9,10). The lowest BCUT2D eigenvalue weighted by atomic mass is 10.0. The molecule has 0 spiro atoms. The van der Waals surface area contributed by atoms with Crippen LogP contribution in [0.15, 0.2) is 12.2 Å². The minimum absolute atomic E-state index is 0.0472. The average molecular weight is 153 g/mol. The van der Waals surface area contributed by atoms with Gasteiger partial charge in [0, 0.05) is 19.4 Å². The number of carbonyl (C=O) groups excluding carboxylic acids is 2. The van der Waals surface area contributed by atoms with Gasteiger partial charge in [0.15, 0.2) is 5.78 Å². The summed E-state index contributed by atoms with van der Waals surface area (Å²) in [5, 5.41) is 2.72. The Labute approximate surface area is 65.5 Å². The zero-order chi connectivity index (χ0) is 8.27. The van der Waals surface area contributed by atoms with Crippen molar-refractivity contribution in [2.24, 2.45) is 0 Å². The van der Waals surface area contributed by atoms with Crippen molar-refractivity contribution in [3.63, 3.8) is 0 Å². The van der Waals surface area contributed by atoms with Gasteiger partial charge in [0.2, 0.25) is 5.91 Å². The third kappa shape index (κ3) is 2.53. The van der Waals surface area contributed by atoms with Crippen molar-refractivity contribution in [1.82, 2.24) is 5.32 Å². The topological polar surface area (TPSA) is 46.2 Å². The van der Waals surface area contributed by atoms with E-state index in [-0.39, 0.29) is 17.7 Å². The fourth-order valence-corrected chi connectivity index (χ4v) is 1.08. The smallest absolute Gasteiger partial charge is 0.217 e. The normalized spacial score (nSPS) is 23.4. The van der Waals surface area contributed by atoms with Crippen molar-refractivity contribution >= 4 is 11.7 Å². The first-order valence-corrected chi connectivity index (χ1v) is 3.66. The minimum Gasteiger partial charge on any atom is -0.350 e. The molecule has 0 aliphatic heterocycles. The molecule has 0 saturated heterocycles. The highest BCUT2D eigenvalue weighted by atomic mass is 16.1. The van der Waals surface area contributed by atoms with E-state index in [1.807, 2.05) is 0 Å². The molecule has 1 N–H and O–H groups in total. The number of hydrogen-bond donors (Lipinski definition) is 1. The fraction of sp³-hybridized carbons (Fsp3) is 0.500. The van der Waals surface area contributed by atoms with Gasteiger partial charge in [0.1, 0.15) is 0 Å². The van der Waals surface area contributed by atoms with Crippen LogP contribution in [0.25, 0.3) is 0 Å². The summed E-state index contributed by atoms with van der Waals surface area (Å²) in [6.07, 6.45) is 4.55. The molecule has 0 fully saturated rings. The van der Waals surface area contributed by atoms with Gasteiger partial charge in [-0.05, 0) is 12.5 Å². The minimum atomic E-state index is -0.0472. The van der Waals surface area contributed by atoms with E-state index in [9.17, 15) is 9.59 Å². The summed E-state index contributed by atoms with van der Waals surface area (Å²) in [6, 6.07) is 0.0604. The van der Waals surface area contributed by atoms with Crippen molar-refractivity contribution in [2.75, 3.05) is 0 Å². The highest BCUT2D eigenvalue weighted by Crippen LogP contribution is 2.06. The Bertz CT molecular complexity index is 208. The molecule has 3 nitrogen and oxygen atoms in total. The van der Waals surface area contributed by atoms with E-state index < -0.39 is 0 Å². The summed E-state index contributed by atoms with van der Waals surface area (Å²) in [4.78, 5) is 21.3. The Balaban J connectivity index is 2.44. The summed E-state index contributed by atoms with van der Waals surface area (Å²) < 4.78 is 0. The summed E-state index contributed by atoms with van der Waals surface area (Å²) in [7, 11) is 0. The lowest BCUT2D eigenvalue weighted by Gasteiger charge is -2.15. The molecule has 0 radical (unpaired) electrons. The molecule has 1 aliphatic rings. The van der Waals surface area contributed by atoms with Crippen molar-refractivity contribution in [2.45, 2.75) is 25.8 Å². The maximum absolute atomic E-state index is 10.7. The molecule has 1 rings (SSSR count). The van der Waals surface area contributed by atoms with Crippen molar-refractivity contribution in [3.8, 4) is 0 Å². The maximum Gasteiger partial charge on any atom is 0.217 e. The van der Waals surface area contributed by atoms with Crippen molar-refractivity contribution in [3.05, 3.63) is 12.2 Å². The largest absolute Gasteiger partial charge is 0.350 e. The van der Waals surface area contributed by atoms with E-state index >= 15 is 0 Å². The Morgan fingerprint density at radius 1 is 1.73 bits per heavy atom. The third-order valence-electron chi connectivity index (χ3n) is 1.60. The molecule has 3 heteroatoms. The number of carbonyl (C=O) groups is 2. The maximum atomic E-state index is 10.7. The Kier molecular flexibility index (Phi) is 2.41. The predicted octanol–water partition coefficient (Wildman–Crippen LogP) is 0.410. The van der Waals surface area contributed by atoms with Crippen LogP contribution in [0.5, 0.6) is 0 Å². The zero-order valence-electron chi connectivity index (χ0n) is 6.46. The molecule has 1 atom stereocenters. The van der Waals surface area contributed by atoms with Gasteiger partial charge in [-0.1, -0.05) is 6.08 Å². The van der Waals surface area contributed by atoms with Crippen LogP contribution in [0.2, 0.25) is 0 Å². The highest BCUT2D eigenvalue weighted by Gasteiger charge is 2.12. The second-order valence-corrected chi connectivity index (χ2v) is 2.67. The lowest BCUT2D eigenvalue weighted by molar-refractivity contribution is -0.120. The Hall–Kier alpha value is -1.12. The third-order valence-corrected chi connectivity index (χ3v) is 1.60. The van der Waals surface area contributed by atoms with Gasteiger partial charge >= 0.3 is 0 Å². The zero-order valence-corrected chi connectivity index (χ0v) is 6.46. The number of allylic oxidation sites excluding steroid dienone is 1. The monoisotopic (exact) mass is 153 g/mol. The van der Waals surface area contributed by atoms with Gasteiger partial charge < -0.3 is 5.32 Å². The first-order chi connectivity index (χ1) is 5.18. The lowest BCUT2D eigenvalue weighted by Crippen LogP contribution is -2.33. The molecular weight excluding hydrogens is 142 g/mol. The quantitative estimate of drug-likeness (QED) is 0.593. The Morgan fingerprint density at radius 3 is 2.91 bits per heavy atom. The molecule has 0 saturated carbocycles. The molecule has 60 valence electrons. The number of ketones is 1. The average Bonchev–Trinajstić information content (AvgIpc) is 1.93. The molecule has 11 heavy (non-hydrogen) atoms. The van der Waals surface area contributed by atoms with Crippen molar-refractivity contribution < 1.29 is 9.59 Å². The molecule has 1 aliphatic carbocycles. The van der Waals surface area contributed by atoms with Crippen LogP contribution >= 0.6 is 0 Å². The molecule has 0 aromatic carbocycles. The van der Waals surface area contributed by atoms with Gasteiger partial charge in [-0.3, -0.25) is 9.59 Å². The van der Waals surface area contributed by atoms with Gasteiger partial charge in [0.05, 0.1) is 0 Å². The summed E-state index contributed by atoms with van der Waals surface area (Å²) in [6.45, 7) is 1.48. The predicted molar refractivity (Wildman–Crippen MR) is 41.0 cm³/mol. The number of hydrogen-bond acceptors (Lipinski definition) is 2.